The van der Waals surface area contributed by atoms with E-state index in [1.54, 1.807) is 0 Å². The molecule has 0 aliphatic heterocycles. The number of aryl methyl sites for hydroxylation is 2. The van der Waals surface area contributed by atoms with Gasteiger partial charge in [0.15, 0.2) is 0 Å². The van der Waals surface area contributed by atoms with Gasteiger partial charge in [-0.25, -0.2) is 18.3 Å². The van der Waals surface area contributed by atoms with Gasteiger partial charge in [-0.15, -0.1) is 0 Å². The molecule has 2 aromatic rings. The topological polar surface area (TPSA) is 17.6 Å². The molecule has 0 N–H and O–H groups in total. The van der Waals surface area contributed by atoms with Crippen LogP contribution in [0.5, 0.6) is 0 Å². The van der Waals surface area contributed by atoms with Crippen molar-refractivity contribution in [2.75, 3.05) is 0 Å². The first-order valence-electron chi connectivity index (χ1n) is 8.05. The summed E-state index contributed by atoms with van der Waals surface area (Å²) < 4.78 is 9.37. The van der Waals surface area contributed by atoms with Crippen LogP contribution >= 0.6 is 0 Å². The van der Waals surface area contributed by atoms with Crippen molar-refractivity contribution in [3.05, 3.63) is 36.4 Å². The van der Waals surface area contributed by atoms with Crippen LogP contribution in [0.2, 0.25) is 0 Å². The molecule has 2 aromatic heterocycles. The Morgan fingerprint density at radius 3 is 1.48 bits per heavy atom. The van der Waals surface area contributed by atoms with Crippen LogP contribution in [0.15, 0.2) is 24.8 Å². The number of aromatic nitrogens is 4. The van der Waals surface area contributed by atoms with E-state index < -0.39 is 0 Å². The zero-order valence-electron chi connectivity index (χ0n) is 14.4. The van der Waals surface area contributed by atoms with Crippen molar-refractivity contribution in [3.8, 4) is 0 Å². The lowest BCUT2D eigenvalue weighted by Gasteiger charge is -2.05. The van der Waals surface area contributed by atoms with E-state index in [-0.39, 0.29) is 0 Å². The number of rotatable bonds is 6. The SMILES string of the molecule is Cc1n(C(C)C)cc[n+]1CCC[n+]1ccn(C(C)C)c1C. The Morgan fingerprint density at radius 1 is 0.810 bits per heavy atom. The van der Waals surface area contributed by atoms with Gasteiger partial charge < -0.3 is 0 Å². The van der Waals surface area contributed by atoms with Crippen LogP contribution in [0.25, 0.3) is 0 Å². The quantitative estimate of drug-likeness (QED) is 0.728. The third-order valence-electron chi connectivity index (χ3n) is 4.30. The summed E-state index contributed by atoms with van der Waals surface area (Å²) in [6.07, 6.45) is 9.93. The maximum absolute atomic E-state index is 2.36. The lowest BCUT2D eigenvalue weighted by atomic mass is 10.3. The van der Waals surface area contributed by atoms with Crippen LogP contribution in [-0.2, 0) is 13.1 Å². The first kappa shape index (κ1) is 15.8. The molecule has 4 heteroatoms. The van der Waals surface area contributed by atoms with Crippen molar-refractivity contribution < 1.29 is 9.13 Å². The van der Waals surface area contributed by atoms with Gasteiger partial charge in [-0.1, -0.05) is 0 Å². The van der Waals surface area contributed by atoms with Crippen LogP contribution < -0.4 is 9.13 Å². The van der Waals surface area contributed by atoms with Gasteiger partial charge in [0.25, 0.3) is 11.6 Å². The largest absolute Gasteiger partial charge is 0.253 e. The van der Waals surface area contributed by atoms with Gasteiger partial charge in [0.2, 0.25) is 0 Å². The van der Waals surface area contributed by atoms with Crippen LogP contribution in [0.1, 0.15) is 57.8 Å². The molecular weight excluding hydrogens is 260 g/mol. The second-order valence-electron chi connectivity index (χ2n) is 6.43. The molecule has 0 saturated carbocycles. The zero-order valence-corrected chi connectivity index (χ0v) is 14.4. The predicted octanol–water partition coefficient (Wildman–Crippen LogP) is 2.73. The minimum atomic E-state index is 0.531. The molecule has 0 aliphatic rings. The molecule has 2 rings (SSSR count). The van der Waals surface area contributed by atoms with E-state index in [1.165, 1.54) is 11.6 Å². The molecular formula is C17H30N4+2. The molecule has 0 fully saturated rings. The molecule has 0 saturated heterocycles. The Kier molecular flexibility index (Phi) is 4.86. The molecule has 0 spiro atoms. The molecule has 0 unspecified atom stereocenters. The summed E-state index contributed by atoms with van der Waals surface area (Å²) in [7, 11) is 0. The van der Waals surface area contributed by atoms with E-state index in [9.17, 15) is 0 Å². The number of hydrogen-bond donors (Lipinski definition) is 0. The summed E-state index contributed by atoms with van der Waals surface area (Å²) in [4.78, 5) is 0. The smallest absolute Gasteiger partial charge is 0.234 e. The summed E-state index contributed by atoms with van der Waals surface area (Å²) >= 11 is 0. The highest BCUT2D eigenvalue weighted by molar-refractivity contribution is 4.83. The summed E-state index contributed by atoms with van der Waals surface area (Å²) in [6.45, 7) is 15.5. The molecule has 0 aromatic carbocycles. The van der Waals surface area contributed by atoms with Gasteiger partial charge in [0.1, 0.15) is 24.8 Å². The van der Waals surface area contributed by atoms with Crippen LogP contribution in [0.3, 0.4) is 0 Å². The average Bonchev–Trinajstić information content (AvgIpc) is 2.95. The van der Waals surface area contributed by atoms with E-state index in [0.29, 0.717) is 12.1 Å². The van der Waals surface area contributed by atoms with E-state index in [0.717, 1.165) is 19.5 Å². The molecule has 2 heterocycles. The van der Waals surface area contributed by atoms with Crippen molar-refractivity contribution in [1.82, 2.24) is 9.13 Å². The van der Waals surface area contributed by atoms with Crippen molar-refractivity contribution in [2.45, 2.75) is 73.1 Å². The molecule has 116 valence electrons. The maximum atomic E-state index is 2.36. The van der Waals surface area contributed by atoms with Gasteiger partial charge in [-0.3, -0.25) is 0 Å². The van der Waals surface area contributed by atoms with Crippen molar-refractivity contribution >= 4 is 0 Å². The highest BCUT2D eigenvalue weighted by Crippen LogP contribution is 2.07. The van der Waals surface area contributed by atoms with Crippen LogP contribution in [0.4, 0.5) is 0 Å². The molecule has 0 aliphatic carbocycles. The number of imidazole rings is 2. The fraction of sp³-hybridized carbons (Fsp3) is 0.647. The highest BCUT2D eigenvalue weighted by Gasteiger charge is 2.16. The Balaban J connectivity index is 1.96. The first-order chi connectivity index (χ1) is 9.91. The van der Waals surface area contributed by atoms with E-state index >= 15 is 0 Å². The second-order valence-corrected chi connectivity index (χ2v) is 6.43. The third kappa shape index (κ3) is 3.36. The Morgan fingerprint density at radius 2 is 1.19 bits per heavy atom. The van der Waals surface area contributed by atoms with Gasteiger partial charge in [0, 0.05) is 20.3 Å². The van der Waals surface area contributed by atoms with Crippen molar-refractivity contribution in [3.63, 3.8) is 0 Å². The number of nitrogens with zero attached hydrogens (tertiary/aromatic N) is 4. The predicted molar refractivity (Wildman–Crippen MR) is 84.1 cm³/mol. The molecule has 0 amide bonds. The normalized spacial score (nSPS) is 11.8. The molecule has 0 radical (unpaired) electrons. The minimum absolute atomic E-state index is 0.531. The summed E-state index contributed by atoms with van der Waals surface area (Å²) in [5.41, 5.74) is 0. The maximum Gasteiger partial charge on any atom is 0.253 e. The summed E-state index contributed by atoms with van der Waals surface area (Å²) in [5, 5.41) is 0. The van der Waals surface area contributed by atoms with E-state index in [4.69, 9.17) is 0 Å². The van der Waals surface area contributed by atoms with E-state index in [2.05, 4.69) is 84.6 Å². The van der Waals surface area contributed by atoms with Gasteiger partial charge >= 0.3 is 0 Å². The third-order valence-corrected chi connectivity index (χ3v) is 4.30. The fourth-order valence-electron chi connectivity index (χ4n) is 3.01. The van der Waals surface area contributed by atoms with Gasteiger partial charge in [-0.05, 0) is 27.7 Å². The van der Waals surface area contributed by atoms with Crippen molar-refractivity contribution in [1.29, 1.82) is 0 Å². The van der Waals surface area contributed by atoms with Gasteiger partial charge in [0.05, 0.1) is 25.2 Å². The lowest BCUT2D eigenvalue weighted by molar-refractivity contribution is -0.732. The van der Waals surface area contributed by atoms with E-state index in [1.807, 2.05) is 0 Å². The second kappa shape index (κ2) is 6.46. The molecule has 21 heavy (non-hydrogen) atoms. The number of hydrogen-bond acceptors (Lipinski definition) is 0. The fourth-order valence-corrected chi connectivity index (χ4v) is 3.01. The van der Waals surface area contributed by atoms with Crippen LogP contribution in [-0.4, -0.2) is 9.13 Å². The zero-order chi connectivity index (χ0) is 15.6. The van der Waals surface area contributed by atoms with Gasteiger partial charge in [-0.2, -0.15) is 0 Å². The Hall–Kier alpha value is -1.58. The van der Waals surface area contributed by atoms with Crippen LogP contribution in [0, 0.1) is 13.8 Å². The van der Waals surface area contributed by atoms with Crippen molar-refractivity contribution in [2.24, 2.45) is 0 Å². The lowest BCUT2D eigenvalue weighted by Crippen LogP contribution is -2.41. The minimum Gasteiger partial charge on any atom is -0.234 e. The Bertz CT molecular complexity index is 538. The first-order valence-corrected chi connectivity index (χ1v) is 8.05. The summed E-state index contributed by atoms with van der Waals surface area (Å²) in [6, 6.07) is 1.06. The Labute approximate surface area is 128 Å². The molecule has 0 atom stereocenters. The standard InChI is InChI=1S/C17H30N4/c1-14(2)20-12-10-18(16(20)5)8-7-9-19-11-13-21(15(3)4)17(19)6/h10-15H,7-9H2,1-6H3/q+2. The molecule has 4 nitrogen and oxygen atoms in total. The highest BCUT2D eigenvalue weighted by atomic mass is 15.2. The summed E-state index contributed by atoms with van der Waals surface area (Å²) in [5.74, 6) is 2.68. The molecule has 0 bridgehead atoms. The average molecular weight is 290 g/mol. The monoisotopic (exact) mass is 290 g/mol.